The second-order valence-electron chi connectivity index (χ2n) is 6.92. The monoisotopic (exact) mass is 410 g/mol. The second-order valence-corrected chi connectivity index (χ2v) is 7.33. The molecule has 0 unspecified atom stereocenters. The van der Waals surface area contributed by atoms with Crippen LogP contribution in [0.25, 0.3) is 11.3 Å². The van der Waals surface area contributed by atoms with Crippen LogP contribution in [0.2, 0.25) is 5.02 Å². The van der Waals surface area contributed by atoms with Gasteiger partial charge < -0.3 is 10.2 Å². The van der Waals surface area contributed by atoms with Gasteiger partial charge in [0.25, 0.3) is 5.91 Å². The number of carbonyl (C=O) groups is 1. The van der Waals surface area contributed by atoms with Gasteiger partial charge in [-0.3, -0.25) is 9.78 Å². The number of hydrogen-bond acceptors (Lipinski definition) is 4. The fourth-order valence-corrected chi connectivity index (χ4v) is 3.68. The first-order valence-corrected chi connectivity index (χ1v) is 9.88. The third-order valence-corrected chi connectivity index (χ3v) is 5.29. The highest BCUT2D eigenvalue weighted by molar-refractivity contribution is 6.31. The van der Waals surface area contributed by atoms with Crippen molar-refractivity contribution in [2.45, 2.75) is 19.4 Å². The second kappa shape index (κ2) is 8.57. The van der Waals surface area contributed by atoms with E-state index in [1.165, 1.54) is 12.1 Å². The average Bonchev–Trinajstić information content (AvgIpc) is 3.28. The number of nitrogens with zero attached hydrogens (tertiary/aromatic N) is 3. The minimum absolute atomic E-state index is 0.215. The molecule has 1 N–H and O–H groups in total. The van der Waals surface area contributed by atoms with Gasteiger partial charge in [0, 0.05) is 48.2 Å². The summed E-state index contributed by atoms with van der Waals surface area (Å²) < 4.78 is 13.2. The van der Waals surface area contributed by atoms with E-state index < -0.39 is 5.82 Å². The van der Waals surface area contributed by atoms with Crippen LogP contribution < -0.4 is 10.2 Å². The third-order valence-electron chi connectivity index (χ3n) is 4.94. The minimum Gasteiger partial charge on any atom is -0.355 e. The SMILES string of the molecule is O=C(NCc1ccc(F)cc1Cl)c1cccc(-c2nccnc2N2CCCC2)c1. The molecule has 0 radical (unpaired) electrons. The molecular formula is C22H20ClFN4O. The number of benzene rings is 2. The number of anilines is 1. The molecule has 2 aromatic carbocycles. The van der Waals surface area contributed by atoms with Gasteiger partial charge in [-0.05, 0) is 42.7 Å². The summed E-state index contributed by atoms with van der Waals surface area (Å²) in [5, 5.41) is 3.12. The Morgan fingerprint density at radius 2 is 1.90 bits per heavy atom. The van der Waals surface area contributed by atoms with E-state index >= 15 is 0 Å². The molecule has 1 aromatic heterocycles. The molecule has 1 aliphatic heterocycles. The standard InChI is InChI=1S/C22H20ClFN4O/c23-19-13-18(24)7-6-17(19)14-27-22(29)16-5-3-4-15(12-16)20-21(26-9-8-25-20)28-10-1-2-11-28/h3-9,12-13H,1-2,10-11,14H2,(H,27,29). The summed E-state index contributed by atoms with van der Waals surface area (Å²) >= 11 is 6.03. The molecular weight excluding hydrogens is 391 g/mol. The molecule has 3 aromatic rings. The number of rotatable bonds is 5. The molecule has 0 bridgehead atoms. The normalized spacial score (nSPS) is 13.5. The molecule has 29 heavy (non-hydrogen) atoms. The molecule has 7 heteroatoms. The lowest BCUT2D eigenvalue weighted by atomic mass is 10.1. The predicted octanol–water partition coefficient (Wildman–Crippen LogP) is 4.47. The first-order chi connectivity index (χ1) is 14.1. The van der Waals surface area contributed by atoms with Crippen molar-refractivity contribution in [2.75, 3.05) is 18.0 Å². The molecule has 5 nitrogen and oxygen atoms in total. The number of halogens is 2. The molecule has 1 amide bonds. The lowest BCUT2D eigenvalue weighted by Gasteiger charge is -2.19. The van der Waals surface area contributed by atoms with Crippen LogP contribution in [0.15, 0.2) is 54.9 Å². The zero-order valence-corrected chi connectivity index (χ0v) is 16.5. The number of aromatic nitrogens is 2. The number of amides is 1. The van der Waals surface area contributed by atoms with E-state index in [1.807, 2.05) is 18.2 Å². The fraction of sp³-hybridized carbons (Fsp3) is 0.227. The Morgan fingerprint density at radius 3 is 2.69 bits per heavy atom. The quantitative estimate of drug-likeness (QED) is 0.674. The zero-order chi connectivity index (χ0) is 20.2. The highest BCUT2D eigenvalue weighted by atomic mass is 35.5. The van der Waals surface area contributed by atoms with Crippen LogP contribution in [0.4, 0.5) is 10.2 Å². The molecule has 1 fully saturated rings. The van der Waals surface area contributed by atoms with Crippen LogP contribution in [0, 0.1) is 5.82 Å². The van der Waals surface area contributed by atoms with Gasteiger partial charge in [0.05, 0.1) is 0 Å². The molecule has 1 aliphatic rings. The summed E-state index contributed by atoms with van der Waals surface area (Å²) in [5.41, 5.74) is 2.78. The predicted molar refractivity (Wildman–Crippen MR) is 111 cm³/mol. The Balaban J connectivity index is 1.54. The van der Waals surface area contributed by atoms with Crippen molar-refractivity contribution in [2.24, 2.45) is 0 Å². The first-order valence-electron chi connectivity index (χ1n) is 9.50. The lowest BCUT2D eigenvalue weighted by molar-refractivity contribution is 0.0951. The molecule has 4 rings (SSSR count). The Hall–Kier alpha value is -2.99. The van der Waals surface area contributed by atoms with Crippen molar-refractivity contribution in [3.63, 3.8) is 0 Å². The zero-order valence-electron chi connectivity index (χ0n) is 15.7. The number of hydrogen-bond donors (Lipinski definition) is 1. The van der Waals surface area contributed by atoms with E-state index in [4.69, 9.17) is 11.6 Å². The Bertz CT molecular complexity index is 1040. The maximum absolute atomic E-state index is 13.2. The van der Waals surface area contributed by atoms with E-state index in [-0.39, 0.29) is 17.5 Å². The summed E-state index contributed by atoms with van der Waals surface area (Å²) in [7, 11) is 0. The van der Waals surface area contributed by atoms with Gasteiger partial charge in [-0.2, -0.15) is 0 Å². The van der Waals surface area contributed by atoms with Crippen LogP contribution in [0.1, 0.15) is 28.8 Å². The molecule has 0 aliphatic carbocycles. The summed E-state index contributed by atoms with van der Waals surface area (Å²) in [4.78, 5) is 23.9. The van der Waals surface area contributed by atoms with E-state index in [0.29, 0.717) is 11.1 Å². The van der Waals surface area contributed by atoms with Crippen LogP contribution in [0.3, 0.4) is 0 Å². The van der Waals surface area contributed by atoms with E-state index in [0.717, 1.165) is 43.0 Å². The Kier molecular flexibility index (Phi) is 5.71. The van der Waals surface area contributed by atoms with Crippen molar-refractivity contribution >= 4 is 23.3 Å². The van der Waals surface area contributed by atoms with Gasteiger partial charge in [0.2, 0.25) is 0 Å². The summed E-state index contributed by atoms with van der Waals surface area (Å²) in [5.74, 6) is 0.204. The van der Waals surface area contributed by atoms with Crippen LogP contribution >= 0.6 is 11.6 Å². The minimum atomic E-state index is -0.407. The Morgan fingerprint density at radius 1 is 1.10 bits per heavy atom. The van der Waals surface area contributed by atoms with Crippen molar-refractivity contribution < 1.29 is 9.18 Å². The molecule has 0 atom stereocenters. The summed E-state index contributed by atoms with van der Waals surface area (Å²) in [6, 6.07) is 11.4. The van der Waals surface area contributed by atoms with Gasteiger partial charge in [0.1, 0.15) is 11.5 Å². The van der Waals surface area contributed by atoms with Gasteiger partial charge in [0.15, 0.2) is 5.82 Å². The van der Waals surface area contributed by atoms with Crippen LogP contribution in [-0.2, 0) is 6.54 Å². The molecule has 148 valence electrons. The number of carbonyl (C=O) groups excluding carboxylic acids is 1. The largest absolute Gasteiger partial charge is 0.355 e. The topological polar surface area (TPSA) is 58.1 Å². The maximum atomic E-state index is 13.2. The van der Waals surface area contributed by atoms with Crippen molar-refractivity contribution in [3.05, 3.63) is 76.8 Å². The molecule has 1 saturated heterocycles. The maximum Gasteiger partial charge on any atom is 0.251 e. The summed E-state index contributed by atoms with van der Waals surface area (Å²) in [6.45, 7) is 2.14. The van der Waals surface area contributed by atoms with E-state index in [2.05, 4.69) is 20.2 Å². The van der Waals surface area contributed by atoms with Crippen LogP contribution in [0.5, 0.6) is 0 Å². The molecule has 0 spiro atoms. The average molecular weight is 411 g/mol. The van der Waals surface area contributed by atoms with Gasteiger partial charge in [-0.1, -0.05) is 29.8 Å². The third kappa shape index (κ3) is 4.38. The van der Waals surface area contributed by atoms with E-state index in [1.54, 1.807) is 24.5 Å². The van der Waals surface area contributed by atoms with Crippen molar-refractivity contribution in [3.8, 4) is 11.3 Å². The van der Waals surface area contributed by atoms with Crippen LogP contribution in [-0.4, -0.2) is 29.0 Å². The summed E-state index contributed by atoms with van der Waals surface area (Å²) in [6.07, 6.45) is 5.65. The highest BCUT2D eigenvalue weighted by Crippen LogP contribution is 2.29. The molecule has 2 heterocycles. The number of nitrogens with one attached hydrogen (secondary N) is 1. The molecule has 0 saturated carbocycles. The first kappa shape index (κ1) is 19.3. The smallest absolute Gasteiger partial charge is 0.251 e. The van der Waals surface area contributed by atoms with Gasteiger partial charge in [-0.25, -0.2) is 9.37 Å². The van der Waals surface area contributed by atoms with E-state index in [9.17, 15) is 9.18 Å². The van der Waals surface area contributed by atoms with Crippen molar-refractivity contribution in [1.82, 2.24) is 15.3 Å². The van der Waals surface area contributed by atoms with Crippen molar-refractivity contribution in [1.29, 1.82) is 0 Å². The lowest BCUT2D eigenvalue weighted by Crippen LogP contribution is -2.23. The Labute approximate surface area is 173 Å². The van der Waals surface area contributed by atoms with Gasteiger partial charge >= 0.3 is 0 Å². The highest BCUT2D eigenvalue weighted by Gasteiger charge is 2.19. The fourth-order valence-electron chi connectivity index (χ4n) is 3.45. The van der Waals surface area contributed by atoms with Gasteiger partial charge in [-0.15, -0.1) is 0 Å².